The first-order valence-corrected chi connectivity index (χ1v) is 5.78. The van der Waals surface area contributed by atoms with Crippen LogP contribution in [0.5, 0.6) is 0 Å². The monoisotopic (exact) mass is 229 g/mol. The summed E-state index contributed by atoms with van der Waals surface area (Å²) < 4.78 is 1.90. The zero-order valence-corrected chi connectivity index (χ0v) is 10.7. The molecule has 4 heteroatoms. The van der Waals surface area contributed by atoms with E-state index in [0.29, 0.717) is 5.92 Å². The SMILES string of the molecule is Cc1cc(CNCC(Cl)C(C)C)n(C)n1. The van der Waals surface area contributed by atoms with Gasteiger partial charge in [-0.15, -0.1) is 11.6 Å². The Hall–Kier alpha value is -0.540. The van der Waals surface area contributed by atoms with Crippen molar-refractivity contribution in [1.82, 2.24) is 15.1 Å². The number of aryl methyl sites for hydroxylation is 2. The summed E-state index contributed by atoms with van der Waals surface area (Å²) in [7, 11) is 1.96. The van der Waals surface area contributed by atoms with E-state index in [1.54, 1.807) is 0 Å². The number of nitrogens with zero attached hydrogens (tertiary/aromatic N) is 2. The van der Waals surface area contributed by atoms with Crippen molar-refractivity contribution in [2.45, 2.75) is 32.7 Å². The third-order valence-electron chi connectivity index (χ3n) is 2.47. The number of hydrogen-bond acceptors (Lipinski definition) is 2. The zero-order chi connectivity index (χ0) is 11.4. The fourth-order valence-corrected chi connectivity index (χ4v) is 1.51. The van der Waals surface area contributed by atoms with E-state index in [4.69, 9.17) is 11.6 Å². The summed E-state index contributed by atoms with van der Waals surface area (Å²) in [5, 5.41) is 7.83. The lowest BCUT2D eigenvalue weighted by molar-refractivity contribution is 0.535. The van der Waals surface area contributed by atoms with Gasteiger partial charge in [0.25, 0.3) is 0 Å². The maximum absolute atomic E-state index is 6.14. The standard InChI is InChI=1S/C11H20ClN3/c1-8(2)11(12)7-13-6-10-5-9(3)14-15(10)4/h5,8,11,13H,6-7H2,1-4H3. The van der Waals surface area contributed by atoms with Gasteiger partial charge in [-0.05, 0) is 18.9 Å². The molecule has 0 amide bonds. The quantitative estimate of drug-likeness (QED) is 0.784. The van der Waals surface area contributed by atoms with E-state index < -0.39 is 0 Å². The second kappa shape index (κ2) is 5.52. The first-order valence-electron chi connectivity index (χ1n) is 5.35. The van der Waals surface area contributed by atoms with Crippen LogP contribution >= 0.6 is 11.6 Å². The highest BCUT2D eigenvalue weighted by Gasteiger charge is 2.09. The van der Waals surface area contributed by atoms with E-state index in [9.17, 15) is 0 Å². The van der Waals surface area contributed by atoms with Crippen molar-refractivity contribution in [2.24, 2.45) is 13.0 Å². The van der Waals surface area contributed by atoms with Crippen LogP contribution in [-0.2, 0) is 13.6 Å². The normalized spacial score (nSPS) is 13.5. The smallest absolute Gasteiger partial charge is 0.0597 e. The van der Waals surface area contributed by atoms with Crippen molar-refractivity contribution < 1.29 is 0 Å². The van der Waals surface area contributed by atoms with E-state index in [-0.39, 0.29) is 5.38 Å². The summed E-state index contributed by atoms with van der Waals surface area (Å²) >= 11 is 6.14. The molecule has 0 aromatic carbocycles. The van der Waals surface area contributed by atoms with Gasteiger partial charge in [-0.25, -0.2) is 0 Å². The van der Waals surface area contributed by atoms with Gasteiger partial charge in [0, 0.05) is 25.5 Å². The third-order valence-corrected chi connectivity index (χ3v) is 3.13. The number of rotatable bonds is 5. The minimum absolute atomic E-state index is 0.194. The fourth-order valence-electron chi connectivity index (χ4n) is 1.40. The first-order chi connectivity index (χ1) is 7.00. The van der Waals surface area contributed by atoms with Crippen LogP contribution in [0, 0.1) is 12.8 Å². The third kappa shape index (κ3) is 3.84. The molecule has 1 heterocycles. The Morgan fingerprint density at radius 2 is 2.20 bits per heavy atom. The molecule has 0 aliphatic heterocycles. The highest BCUT2D eigenvalue weighted by molar-refractivity contribution is 6.20. The van der Waals surface area contributed by atoms with E-state index in [2.05, 4.69) is 30.3 Å². The van der Waals surface area contributed by atoms with E-state index in [0.717, 1.165) is 18.8 Å². The van der Waals surface area contributed by atoms with Crippen LogP contribution < -0.4 is 5.32 Å². The summed E-state index contributed by atoms with van der Waals surface area (Å²) in [4.78, 5) is 0. The van der Waals surface area contributed by atoms with Crippen molar-refractivity contribution >= 4 is 11.6 Å². The Morgan fingerprint density at radius 3 is 2.67 bits per heavy atom. The fraction of sp³-hybridized carbons (Fsp3) is 0.727. The maximum atomic E-state index is 6.14. The largest absolute Gasteiger partial charge is 0.310 e. The topological polar surface area (TPSA) is 29.9 Å². The van der Waals surface area contributed by atoms with Crippen LogP contribution in [0.15, 0.2) is 6.07 Å². The second-order valence-corrected chi connectivity index (χ2v) is 4.85. The van der Waals surface area contributed by atoms with Gasteiger partial charge in [0.1, 0.15) is 0 Å². The van der Waals surface area contributed by atoms with Crippen LogP contribution in [-0.4, -0.2) is 21.7 Å². The van der Waals surface area contributed by atoms with Gasteiger partial charge < -0.3 is 5.32 Å². The van der Waals surface area contributed by atoms with Gasteiger partial charge in [-0.1, -0.05) is 13.8 Å². The number of halogens is 1. The van der Waals surface area contributed by atoms with Gasteiger partial charge >= 0.3 is 0 Å². The summed E-state index contributed by atoms with van der Waals surface area (Å²) in [6, 6.07) is 2.09. The Kier molecular flexibility index (Phi) is 4.61. The molecule has 1 aromatic heterocycles. The second-order valence-electron chi connectivity index (χ2n) is 4.29. The van der Waals surface area contributed by atoms with Crippen molar-refractivity contribution in [1.29, 1.82) is 0 Å². The molecular formula is C11H20ClN3. The van der Waals surface area contributed by atoms with E-state index in [1.807, 2.05) is 18.7 Å². The van der Waals surface area contributed by atoms with E-state index in [1.165, 1.54) is 5.69 Å². The van der Waals surface area contributed by atoms with Crippen LogP contribution in [0.25, 0.3) is 0 Å². The average molecular weight is 230 g/mol. The molecule has 1 rings (SSSR count). The molecule has 1 aromatic rings. The first kappa shape index (κ1) is 12.5. The molecular weight excluding hydrogens is 210 g/mol. The molecule has 0 radical (unpaired) electrons. The Balaban J connectivity index is 2.35. The molecule has 0 aliphatic carbocycles. The minimum atomic E-state index is 0.194. The lowest BCUT2D eigenvalue weighted by Crippen LogP contribution is -2.27. The van der Waals surface area contributed by atoms with Gasteiger partial charge in [0.05, 0.1) is 11.4 Å². The van der Waals surface area contributed by atoms with Crippen LogP contribution in [0.4, 0.5) is 0 Å². The molecule has 0 aliphatic rings. The average Bonchev–Trinajstić information content (AvgIpc) is 2.45. The highest BCUT2D eigenvalue weighted by atomic mass is 35.5. The number of nitrogens with one attached hydrogen (secondary N) is 1. The molecule has 1 N–H and O–H groups in total. The van der Waals surface area contributed by atoms with Crippen LogP contribution in [0.3, 0.4) is 0 Å². The Bertz CT molecular complexity index is 307. The van der Waals surface area contributed by atoms with Gasteiger partial charge in [0.2, 0.25) is 0 Å². The molecule has 0 fully saturated rings. The minimum Gasteiger partial charge on any atom is -0.310 e. The predicted octanol–water partition coefficient (Wildman–Crippen LogP) is 2.08. The summed E-state index contributed by atoms with van der Waals surface area (Å²) in [5.41, 5.74) is 2.25. The Labute approximate surface area is 96.8 Å². The predicted molar refractivity (Wildman–Crippen MR) is 64.1 cm³/mol. The number of alkyl halides is 1. The lowest BCUT2D eigenvalue weighted by atomic mass is 10.1. The molecule has 0 spiro atoms. The molecule has 1 atom stereocenters. The number of aromatic nitrogens is 2. The molecule has 3 nitrogen and oxygen atoms in total. The van der Waals surface area contributed by atoms with Crippen LogP contribution in [0.2, 0.25) is 0 Å². The molecule has 1 unspecified atom stereocenters. The molecule has 15 heavy (non-hydrogen) atoms. The van der Waals surface area contributed by atoms with Gasteiger partial charge in [-0.2, -0.15) is 5.10 Å². The highest BCUT2D eigenvalue weighted by Crippen LogP contribution is 2.08. The maximum Gasteiger partial charge on any atom is 0.0597 e. The molecule has 0 saturated carbocycles. The lowest BCUT2D eigenvalue weighted by Gasteiger charge is -2.13. The van der Waals surface area contributed by atoms with Crippen molar-refractivity contribution in [3.05, 3.63) is 17.5 Å². The summed E-state index contributed by atoms with van der Waals surface area (Å²) in [6.07, 6.45) is 0. The van der Waals surface area contributed by atoms with Gasteiger partial charge in [-0.3, -0.25) is 4.68 Å². The van der Waals surface area contributed by atoms with Crippen molar-refractivity contribution in [3.63, 3.8) is 0 Å². The van der Waals surface area contributed by atoms with Gasteiger partial charge in [0.15, 0.2) is 0 Å². The molecule has 86 valence electrons. The summed E-state index contributed by atoms with van der Waals surface area (Å²) in [6.45, 7) is 7.93. The molecule has 0 bridgehead atoms. The molecule has 0 saturated heterocycles. The van der Waals surface area contributed by atoms with Crippen LogP contribution in [0.1, 0.15) is 25.2 Å². The van der Waals surface area contributed by atoms with E-state index >= 15 is 0 Å². The summed E-state index contributed by atoms with van der Waals surface area (Å²) in [5.74, 6) is 0.507. The van der Waals surface area contributed by atoms with Crippen molar-refractivity contribution in [3.8, 4) is 0 Å². The van der Waals surface area contributed by atoms with Crippen molar-refractivity contribution in [2.75, 3.05) is 6.54 Å². The Morgan fingerprint density at radius 1 is 1.53 bits per heavy atom. The zero-order valence-electron chi connectivity index (χ0n) is 9.92. The number of hydrogen-bond donors (Lipinski definition) is 1.